The molecule has 0 atom stereocenters. The summed E-state index contributed by atoms with van der Waals surface area (Å²) in [4.78, 5) is 0. The van der Waals surface area contributed by atoms with Gasteiger partial charge in [-0.25, -0.2) is 0 Å². The molecule has 0 bridgehead atoms. The third-order valence-electron chi connectivity index (χ3n) is 2.11. The van der Waals surface area contributed by atoms with Gasteiger partial charge in [-0.3, -0.25) is 0 Å². The standard InChI is InChI=1S/C12H13N.2C2H6/c1-3-11(8-9-13)12-7-5-4-6-10(12)2;2*1-2/h3-7H,8H2,1-2H3;2*1-2H3/b11-3-;;. The molecule has 0 N–H and O–H groups in total. The zero-order valence-corrected chi connectivity index (χ0v) is 12.0. The minimum atomic E-state index is 0.487. The Morgan fingerprint density at radius 2 is 1.71 bits per heavy atom. The van der Waals surface area contributed by atoms with E-state index in [0.29, 0.717) is 6.42 Å². The molecule has 0 saturated carbocycles. The van der Waals surface area contributed by atoms with Gasteiger partial charge >= 0.3 is 0 Å². The summed E-state index contributed by atoms with van der Waals surface area (Å²) in [6.45, 7) is 12.0. The molecule has 0 spiro atoms. The van der Waals surface area contributed by atoms with Crippen molar-refractivity contribution in [2.45, 2.75) is 48.0 Å². The summed E-state index contributed by atoms with van der Waals surface area (Å²) in [5, 5.41) is 8.63. The highest BCUT2D eigenvalue weighted by Crippen LogP contribution is 2.20. The Bertz CT molecular complexity index is 356. The van der Waals surface area contributed by atoms with Crippen LogP contribution in [0.4, 0.5) is 0 Å². The monoisotopic (exact) mass is 231 g/mol. The molecule has 1 aromatic carbocycles. The van der Waals surface area contributed by atoms with Gasteiger partial charge in [-0.15, -0.1) is 0 Å². The fourth-order valence-electron chi connectivity index (χ4n) is 1.37. The summed E-state index contributed by atoms with van der Waals surface area (Å²) in [6, 6.07) is 10.3. The van der Waals surface area contributed by atoms with Crippen molar-refractivity contribution in [2.24, 2.45) is 0 Å². The number of rotatable bonds is 2. The third kappa shape index (κ3) is 6.58. The summed E-state index contributed by atoms with van der Waals surface area (Å²) in [5.74, 6) is 0. The highest BCUT2D eigenvalue weighted by molar-refractivity contribution is 5.69. The highest BCUT2D eigenvalue weighted by atomic mass is 14.2. The van der Waals surface area contributed by atoms with Crippen LogP contribution in [0.3, 0.4) is 0 Å². The molecule has 0 fully saturated rings. The van der Waals surface area contributed by atoms with Crippen molar-refractivity contribution in [1.29, 1.82) is 5.26 Å². The predicted octanol–water partition coefficient (Wildman–Crippen LogP) is 5.36. The minimum absolute atomic E-state index is 0.487. The summed E-state index contributed by atoms with van der Waals surface area (Å²) >= 11 is 0. The number of benzene rings is 1. The molecular weight excluding hydrogens is 206 g/mol. The maximum absolute atomic E-state index is 8.63. The molecule has 0 aliphatic heterocycles. The molecule has 1 nitrogen and oxygen atoms in total. The van der Waals surface area contributed by atoms with E-state index in [9.17, 15) is 0 Å². The van der Waals surface area contributed by atoms with Crippen LogP contribution < -0.4 is 0 Å². The molecule has 0 radical (unpaired) electrons. The molecule has 1 heteroatoms. The smallest absolute Gasteiger partial charge is 0.0669 e. The van der Waals surface area contributed by atoms with E-state index in [-0.39, 0.29) is 0 Å². The second kappa shape index (κ2) is 12.5. The third-order valence-corrected chi connectivity index (χ3v) is 2.11. The Hall–Kier alpha value is -1.55. The number of nitriles is 1. The van der Waals surface area contributed by atoms with Crippen LogP contribution in [0.2, 0.25) is 0 Å². The lowest BCUT2D eigenvalue weighted by molar-refractivity contribution is 1.32. The van der Waals surface area contributed by atoms with Gasteiger partial charge in [0.2, 0.25) is 0 Å². The molecule has 0 aromatic heterocycles. The fraction of sp³-hybridized carbons (Fsp3) is 0.438. The number of hydrogen-bond donors (Lipinski definition) is 0. The van der Waals surface area contributed by atoms with Crippen molar-refractivity contribution in [1.82, 2.24) is 0 Å². The fourth-order valence-corrected chi connectivity index (χ4v) is 1.37. The first kappa shape index (κ1) is 17.8. The first-order valence-corrected chi connectivity index (χ1v) is 6.37. The first-order valence-electron chi connectivity index (χ1n) is 6.37. The van der Waals surface area contributed by atoms with Crippen LogP contribution >= 0.6 is 0 Å². The second-order valence-electron chi connectivity index (χ2n) is 2.96. The minimum Gasteiger partial charge on any atom is -0.198 e. The Morgan fingerprint density at radius 3 is 2.12 bits per heavy atom. The number of nitrogens with zero attached hydrogens (tertiary/aromatic N) is 1. The van der Waals surface area contributed by atoms with E-state index in [1.807, 2.05) is 52.8 Å². The van der Waals surface area contributed by atoms with Crippen LogP contribution in [-0.2, 0) is 0 Å². The zero-order valence-electron chi connectivity index (χ0n) is 12.0. The summed E-state index contributed by atoms with van der Waals surface area (Å²) in [5.41, 5.74) is 3.53. The van der Waals surface area contributed by atoms with Crippen LogP contribution in [0.1, 0.15) is 52.2 Å². The second-order valence-corrected chi connectivity index (χ2v) is 2.96. The summed E-state index contributed by atoms with van der Waals surface area (Å²) in [7, 11) is 0. The van der Waals surface area contributed by atoms with Crippen LogP contribution in [0.15, 0.2) is 30.3 Å². The molecule has 0 amide bonds. The van der Waals surface area contributed by atoms with Gasteiger partial charge in [0.15, 0.2) is 0 Å². The normalized spacial score (nSPS) is 9.12. The Morgan fingerprint density at radius 1 is 1.18 bits per heavy atom. The van der Waals surface area contributed by atoms with Crippen molar-refractivity contribution < 1.29 is 0 Å². The highest BCUT2D eigenvalue weighted by Gasteiger charge is 2.01. The van der Waals surface area contributed by atoms with Crippen molar-refractivity contribution in [2.75, 3.05) is 0 Å². The Labute approximate surface area is 107 Å². The number of hydrogen-bond acceptors (Lipinski definition) is 1. The van der Waals surface area contributed by atoms with Gasteiger partial charge in [0.25, 0.3) is 0 Å². The van der Waals surface area contributed by atoms with Crippen LogP contribution in [-0.4, -0.2) is 0 Å². The predicted molar refractivity (Wildman–Crippen MR) is 77.8 cm³/mol. The summed E-state index contributed by atoms with van der Waals surface area (Å²) < 4.78 is 0. The van der Waals surface area contributed by atoms with E-state index in [0.717, 1.165) is 5.57 Å². The lowest BCUT2D eigenvalue weighted by Crippen LogP contribution is -1.87. The van der Waals surface area contributed by atoms with Gasteiger partial charge in [-0.05, 0) is 30.5 Å². The van der Waals surface area contributed by atoms with E-state index < -0.39 is 0 Å². The van der Waals surface area contributed by atoms with E-state index in [1.54, 1.807) is 0 Å². The molecule has 0 aliphatic carbocycles. The van der Waals surface area contributed by atoms with Gasteiger partial charge in [-0.2, -0.15) is 5.26 Å². The molecule has 0 heterocycles. The molecule has 1 rings (SSSR count). The molecular formula is C16H25N. The van der Waals surface area contributed by atoms with E-state index >= 15 is 0 Å². The molecule has 17 heavy (non-hydrogen) atoms. The molecule has 0 unspecified atom stereocenters. The topological polar surface area (TPSA) is 23.8 Å². The van der Waals surface area contributed by atoms with Crippen molar-refractivity contribution in [3.05, 3.63) is 41.5 Å². The first-order chi connectivity index (χ1) is 8.29. The zero-order chi connectivity index (χ0) is 13.7. The van der Waals surface area contributed by atoms with Crippen molar-refractivity contribution >= 4 is 5.57 Å². The van der Waals surface area contributed by atoms with Crippen molar-refractivity contribution in [3.8, 4) is 6.07 Å². The van der Waals surface area contributed by atoms with Gasteiger partial charge in [0.1, 0.15) is 0 Å². The number of aryl methyl sites for hydroxylation is 1. The maximum Gasteiger partial charge on any atom is 0.0669 e. The van der Waals surface area contributed by atoms with E-state index in [4.69, 9.17) is 5.26 Å². The van der Waals surface area contributed by atoms with Gasteiger partial charge in [-0.1, -0.05) is 58.0 Å². The Balaban J connectivity index is 0. The van der Waals surface area contributed by atoms with Gasteiger partial charge < -0.3 is 0 Å². The van der Waals surface area contributed by atoms with Gasteiger partial charge in [0.05, 0.1) is 12.5 Å². The van der Waals surface area contributed by atoms with E-state index in [2.05, 4.69) is 25.1 Å². The van der Waals surface area contributed by atoms with Crippen LogP contribution in [0.25, 0.3) is 5.57 Å². The largest absolute Gasteiger partial charge is 0.198 e. The molecule has 1 aromatic rings. The molecule has 0 aliphatic rings. The van der Waals surface area contributed by atoms with Crippen LogP contribution in [0.5, 0.6) is 0 Å². The average molecular weight is 231 g/mol. The summed E-state index contributed by atoms with van der Waals surface area (Å²) in [6.07, 6.45) is 2.49. The quantitative estimate of drug-likeness (QED) is 0.671. The van der Waals surface area contributed by atoms with Gasteiger partial charge in [0, 0.05) is 0 Å². The molecule has 94 valence electrons. The lowest BCUT2D eigenvalue weighted by Gasteiger charge is -2.05. The Kier molecular flexibility index (Phi) is 13.1. The SMILES string of the molecule is C/C=C(/CC#N)c1ccccc1C.CC.CC. The van der Waals surface area contributed by atoms with Crippen molar-refractivity contribution in [3.63, 3.8) is 0 Å². The lowest BCUT2D eigenvalue weighted by atomic mass is 9.99. The van der Waals surface area contributed by atoms with E-state index in [1.165, 1.54) is 11.1 Å². The number of allylic oxidation sites excluding steroid dienone is 2. The molecule has 0 saturated heterocycles. The maximum atomic E-state index is 8.63. The average Bonchev–Trinajstić information content (AvgIpc) is 2.42. The van der Waals surface area contributed by atoms with Crippen LogP contribution in [0, 0.1) is 18.3 Å².